The Hall–Kier alpha value is -0.860. The minimum atomic E-state index is 0.799. The molecule has 2 nitrogen and oxygen atoms in total. The van der Waals surface area contributed by atoms with Crippen LogP contribution in [0, 0.1) is 0 Å². The van der Waals surface area contributed by atoms with Crippen LogP contribution in [0.2, 0.25) is 0 Å². The third-order valence-electron chi connectivity index (χ3n) is 3.91. The van der Waals surface area contributed by atoms with Crippen molar-refractivity contribution in [3.8, 4) is 0 Å². The van der Waals surface area contributed by atoms with E-state index in [1.165, 1.54) is 31.2 Å². The number of hydrogen-bond acceptors (Lipinski definition) is 2. The second-order valence-electron chi connectivity index (χ2n) is 5.47. The molecule has 0 bridgehead atoms. The quantitative estimate of drug-likeness (QED) is 0.796. The average molecular weight is 246 g/mol. The third kappa shape index (κ3) is 4.79. The van der Waals surface area contributed by atoms with Gasteiger partial charge in [0, 0.05) is 25.7 Å². The second kappa shape index (κ2) is 7.55. The van der Waals surface area contributed by atoms with Gasteiger partial charge in [-0.05, 0) is 31.9 Å². The molecular weight excluding hydrogens is 220 g/mol. The molecule has 1 aliphatic carbocycles. The van der Waals surface area contributed by atoms with Gasteiger partial charge in [-0.3, -0.25) is 0 Å². The van der Waals surface area contributed by atoms with Crippen LogP contribution in [-0.2, 0) is 6.42 Å². The van der Waals surface area contributed by atoms with Crippen molar-refractivity contribution in [2.24, 2.45) is 0 Å². The summed E-state index contributed by atoms with van der Waals surface area (Å²) < 4.78 is 0. The Morgan fingerprint density at radius 1 is 1.11 bits per heavy atom. The Kier molecular flexibility index (Phi) is 5.69. The zero-order chi connectivity index (χ0) is 12.6. The van der Waals surface area contributed by atoms with Gasteiger partial charge in [0.25, 0.3) is 0 Å². The van der Waals surface area contributed by atoms with E-state index in [-0.39, 0.29) is 0 Å². The fraction of sp³-hybridized carbons (Fsp3) is 0.625. The average Bonchev–Trinajstić information content (AvgIpc) is 2.91. The van der Waals surface area contributed by atoms with Gasteiger partial charge in [0.05, 0.1) is 0 Å². The van der Waals surface area contributed by atoms with Crippen molar-refractivity contribution in [1.82, 2.24) is 10.2 Å². The van der Waals surface area contributed by atoms with Crippen molar-refractivity contribution < 1.29 is 0 Å². The van der Waals surface area contributed by atoms with Crippen molar-refractivity contribution in [3.05, 3.63) is 35.9 Å². The highest BCUT2D eigenvalue weighted by Crippen LogP contribution is 2.17. The Bertz CT molecular complexity index is 317. The lowest BCUT2D eigenvalue weighted by Gasteiger charge is -2.19. The first-order chi connectivity index (χ1) is 8.84. The van der Waals surface area contributed by atoms with E-state index < -0.39 is 0 Å². The van der Waals surface area contributed by atoms with E-state index in [2.05, 4.69) is 47.6 Å². The number of hydrogen-bond donors (Lipinski definition) is 1. The first-order valence-electron chi connectivity index (χ1n) is 7.30. The van der Waals surface area contributed by atoms with E-state index in [1.807, 2.05) is 0 Å². The molecule has 1 saturated carbocycles. The van der Waals surface area contributed by atoms with E-state index in [4.69, 9.17) is 0 Å². The van der Waals surface area contributed by atoms with Crippen LogP contribution in [0.15, 0.2) is 30.3 Å². The van der Waals surface area contributed by atoms with Gasteiger partial charge in [-0.2, -0.15) is 0 Å². The summed E-state index contributed by atoms with van der Waals surface area (Å²) in [5, 5.41) is 3.67. The van der Waals surface area contributed by atoms with Crippen LogP contribution in [0.25, 0.3) is 0 Å². The molecule has 1 aromatic rings. The van der Waals surface area contributed by atoms with Gasteiger partial charge in [0.15, 0.2) is 0 Å². The van der Waals surface area contributed by atoms with Crippen LogP contribution in [0.3, 0.4) is 0 Å². The summed E-state index contributed by atoms with van der Waals surface area (Å²) in [6.07, 6.45) is 6.76. The number of nitrogens with zero attached hydrogens (tertiary/aromatic N) is 1. The van der Waals surface area contributed by atoms with Gasteiger partial charge in [-0.1, -0.05) is 43.2 Å². The second-order valence-corrected chi connectivity index (χ2v) is 5.47. The van der Waals surface area contributed by atoms with Gasteiger partial charge in [-0.15, -0.1) is 0 Å². The molecule has 2 heteroatoms. The molecule has 1 aliphatic rings. The molecule has 0 radical (unpaired) electrons. The summed E-state index contributed by atoms with van der Waals surface area (Å²) in [6.45, 7) is 3.44. The smallest absolute Gasteiger partial charge is 0.0104 e. The van der Waals surface area contributed by atoms with Crippen molar-refractivity contribution in [3.63, 3.8) is 0 Å². The van der Waals surface area contributed by atoms with Crippen LogP contribution in [0.1, 0.15) is 31.2 Å². The van der Waals surface area contributed by atoms with Gasteiger partial charge in [-0.25, -0.2) is 0 Å². The molecule has 1 aromatic carbocycles. The van der Waals surface area contributed by atoms with E-state index in [1.54, 1.807) is 0 Å². The first kappa shape index (κ1) is 13.6. The highest BCUT2D eigenvalue weighted by Gasteiger charge is 2.13. The van der Waals surface area contributed by atoms with Gasteiger partial charge >= 0.3 is 0 Å². The maximum atomic E-state index is 3.67. The molecule has 18 heavy (non-hydrogen) atoms. The molecule has 0 amide bonds. The molecular formula is C16H26N2. The lowest BCUT2D eigenvalue weighted by Crippen LogP contribution is -2.35. The predicted molar refractivity (Wildman–Crippen MR) is 77.9 cm³/mol. The zero-order valence-corrected chi connectivity index (χ0v) is 11.6. The summed E-state index contributed by atoms with van der Waals surface area (Å²) in [5.41, 5.74) is 1.44. The summed E-state index contributed by atoms with van der Waals surface area (Å²) in [6, 6.07) is 11.6. The van der Waals surface area contributed by atoms with Crippen LogP contribution in [0.4, 0.5) is 0 Å². The van der Waals surface area contributed by atoms with Crippen LogP contribution in [0.5, 0.6) is 0 Å². The minimum absolute atomic E-state index is 0.799. The lowest BCUT2D eigenvalue weighted by atomic mass is 10.1. The van der Waals surface area contributed by atoms with Gasteiger partial charge in [0.2, 0.25) is 0 Å². The van der Waals surface area contributed by atoms with E-state index in [0.717, 1.165) is 32.1 Å². The molecule has 0 aromatic heterocycles. The van der Waals surface area contributed by atoms with Crippen molar-refractivity contribution in [1.29, 1.82) is 0 Å². The van der Waals surface area contributed by atoms with E-state index in [9.17, 15) is 0 Å². The molecule has 100 valence electrons. The Balaban J connectivity index is 1.56. The maximum absolute atomic E-state index is 3.67. The molecule has 1 N–H and O–H groups in total. The molecule has 0 aliphatic heterocycles. The van der Waals surface area contributed by atoms with Gasteiger partial charge < -0.3 is 10.2 Å². The SMILES string of the molecule is CN(CCNC1CCCC1)CCc1ccccc1. The largest absolute Gasteiger partial charge is 0.313 e. The van der Waals surface area contributed by atoms with Crippen molar-refractivity contribution >= 4 is 0 Å². The summed E-state index contributed by atoms with van der Waals surface area (Å²) >= 11 is 0. The summed E-state index contributed by atoms with van der Waals surface area (Å²) in [5.74, 6) is 0. The fourth-order valence-corrected chi connectivity index (χ4v) is 2.67. The summed E-state index contributed by atoms with van der Waals surface area (Å²) in [4.78, 5) is 2.43. The minimum Gasteiger partial charge on any atom is -0.313 e. The maximum Gasteiger partial charge on any atom is 0.0104 e. The highest BCUT2D eigenvalue weighted by molar-refractivity contribution is 5.14. The molecule has 1 fully saturated rings. The first-order valence-corrected chi connectivity index (χ1v) is 7.30. The van der Waals surface area contributed by atoms with Crippen LogP contribution >= 0.6 is 0 Å². The lowest BCUT2D eigenvalue weighted by molar-refractivity contribution is 0.327. The summed E-state index contributed by atoms with van der Waals surface area (Å²) in [7, 11) is 2.22. The molecule has 0 spiro atoms. The normalized spacial score (nSPS) is 16.6. The topological polar surface area (TPSA) is 15.3 Å². The molecule has 0 heterocycles. The fourth-order valence-electron chi connectivity index (χ4n) is 2.67. The van der Waals surface area contributed by atoms with Crippen molar-refractivity contribution in [2.45, 2.75) is 38.1 Å². The van der Waals surface area contributed by atoms with E-state index in [0.29, 0.717) is 0 Å². The molecule has 0 unspecified atom stereocenters. The van der Waals surface area contributed by atoms with Crippen LogP contribution < -0.4 is 5.32 Å². The standard InChI is InChI=1S/C16H26N2/c1-18(13-11-15-7-3-2-4-8-15)14-12-17-16-9-5-6-10-16/h2-4,7-8,16-17H,5-6,9-14H2,1H3. The highest BCUT2D eigenvalue weighted by atomic mass is 15.1. The monoisotopic (exact) mass is 246 g/mol. The Morgan fingerprint density at radius 3 is 2.56 bits per heavy atom. The zero-order valence-electron chi connectivity index (χ0n) is 11.6. The Morgan fingerprint density at radius 2 is 1.83 bits per heavy atom. The predicted octanol–water partition coefficient (Wildman–Crippen LogP) is 2.69. The van der Waals surface area contributed by atoms with Gasteiger partial charge in [0.1, 0.15) is 0 Å². The third-order valence-corrected chi connectivity index (χ3v) is 3.91. The van der Waals surface area contributed by atoms with E-state index >= 15 is 0 Å². The number of likely N-dealkylation sites (N-methyl/N-ethyl adjacent to an activating group) is 1. The number of nitrogens with one attached hydrogen (secondary N) is 1. The number of benzene rings is 1. The molecule has 0 saturated heterocycles. The number of rotatable bonds is 7. The van der Waals surface area contributed by atoms with Crippen molar-refractivity contribution in [2.75, 3.05) is 26.7 Å². The Labute approximate surface area is 111 Å². The molecule has 2 rings (SSSR count). The molecule has 0 atom stereocenters. The van der Waals surface area contributed by atoms with Crippen LogP contribution in [-0.4, -0.2) is 37.6 Å².